The molecule has 0 bridgehead atoms. The summed E-state index contributed by atoms with van der Waals surface area (Å²) in [6.45, 7) is 2.48. The van der Waals surface area contributed by atoms with Gasteiger partial charge in [0.15, 0.2) is 0 Å². The predicted molar refractivity (Wildman–Crippen MR) is 89.2 cm³/mol. The molecule has 0 saturated carbocycles. The van der Waals surface area contributed by atoms with E-state index in [1.54, 1.807) is 4.68 Å². The molecule has 122 valence electrons. The summed E-state index contributed by atoms with van der Waals surface area (Å²) in [5, 5.41) is 4.63. The standard InChI is InChI=1S/C18H24N4O/c23-18-21-13-6-2-5-11-17(21)19-22(18)14-20-12-7-10-16(20)15-8-3-1-4-9-15/h1,3-4,8-9,16H,2,5-7,10-14H2/t16-/m1/s1. The van der Waals surface area contributed by atoms with Crippen LogP contribution >= 0.6 is 0 Å². The van der Waals surface area contributed by atoms with Crippen LogP contribution in [0.4, 0.5) is 0 Å². The number of rotatable bonds is 3. The van der Waals surface area contributed by atoms with Gasteiger partial charge in [-0.3, -0.25) is 9.47 Å². The molecule has 3 heterocycles. The average molecular weight is 312 g/mol. The lowest BCUT2D eigenvalue weighted by Crippen LogP contribution is -2.33. The Balaban J connectivity index is 1.57. The van der Waals surface area contributed by atoms with Gasteiger partial charge in [0, 0.05) is 25.6 Å². The minimum atomic E-state index is 0.0700. The summed E-state index contributed by atoms with van der Waals surface area (Å²) in [5.41, 5.74) is 1.42. The van der Waals surface area contributed by atoms with Gasteiger partial charge in [-0.05, 0) is 31.2 Å². The summed E-state index contributed by atoms with van der Waals surface area (Å²) in [4.78, 5) is 15.0. The largest absolute Gasteiger partial charge is 0.347 e. The fourth-order valence-corrected chi connectivity index (χ4v) is 3.94. The van der Waals surface area contributed by atoms with Crippen molar-refractivity contribution in [3.8, 4) is 0 Å². The van der Waals surface area contributed by atoms with Crippen molar-refractivity contribution in [3.05, 3.63) is 52.2 Å². The van der Waals surface area contributed by atoms with Gasteiger partial charge in [-0.1, -0.05) is 36.8 Å². The number of fused-ring (bicyclic) bond motifs is 1. The Morgan fingerprint density at radius 2 is 1.91 bits per heavy atom. The zero-order valence-corrected chi connectivity index (χ0v) is 13.5. The van der Waals surface area contributed by atoms with E-state index in [-0.39, 0.29) is 5.69 Å². The molecule has 0 spiro atoms. The van der Waals surface area contributed by atoms with Crippen LogP contribution in [0.25, 0.3) is 0 Å². The number of hydrogen-bond acceptors (Lipinski definition) is 3. The quantitative estimate of drug-likeness (QED) is 0.875. The van der Waals surface area contributed by atoms with Gasteiger partial charge >= 0.3 is 5.69 Å². The summed E-state index contributed by atoms with van der Waals surface area (Å²) >= 11 is 0. The van der Waals surface area contributed by atoms with Crippen LogP contribution in [-0.4, -0.2) is 25.8 Å². The Bertz CT molecular complexity index is 718. The third-order valence-corrected chi connectivity index (χ3v) is 5.15. The predicted octanol–water partition coefficient (Wildman–Crippen LogP) is 2.57. The van der Waals surface area contributed by atoms with Crippen LogP contribution in [0, 0.1) is 0 Å². The molecule has 0 unspecified atom stereocenters. The van der Waals surface area contributed by atoms with E-state index in [9.17, 15) is 4.79 Å². The smallest absolute Gasteiger partial charge is 0.279 e. The first-order chi connectivity index (χ1) is 11.3. The molecule has 1 saturated heterocycles. The summed E-state index contributed by atoms with van der Waals surface area (Å²) in [5.74, 6) is 0.975. The third kappa shape index (κ3) is 2.85. The number of aryl methyl sites for hydroxylation is 1. The molecular formula is C18H24N4O. The maximum Gasteiger partial charge on any atom is 0.347 e. The second-order valence-corrected chi connectivity index (χ2v) is 6.68. The molecule has 2 aromatic rings. The lowest BCUT2D eigenvalue weighted by molar-refractivity contribution is 0.187. The Kier molecular flexibility index (Phi) is 4.04. The van der Waals surface area contributed by atoms with Gasteiger partial charge in [0.1, 0.15) is 5.82 Å². The van der Waals surface area contributed by atoms with Crippen molar-refractivity contribution in [2.45, 2.75) is 57.8 Å². The normalized spacial score (nSPS) is 22.0. The molecule has 2 aliphatic rings. The molecule has 23 heavy (non-hydrogen) atoms. The van der Waals surface area contributed by atoms with Gasteiger partial charge in [-0.2, -0.15) is 9.78 Å². The number of nitrogens with zero attached hydrogens (tertiary/aromatic N) is 4. The molecule has 0 radical (unpaired) electrons. The molecule has 0 amide bonds. The zero-order chi connectivity index (χ0) is 15.6. The Morgan fingerprint density at radius 1 is 1.04 bits per heavy atom. The Hall–Kier alpha value is -1.88. The number of aromatic nitrogens is 3. The van der Waals surface area contributed by atoms with Gasteiger partial charge in [0.2, 0.25) is 0 Å². The summed E-state index contributed by atoms with van der Waals surface area (Å²) in [6, 6.07) is 11.0. The van der Waals surface area contributed by atoms with E-state index in [2.05, 4.69) is 40.3 Å². The molecule has 1 atom stereocenters. The van der Waals surface area contributed by atoms with Gasteiger partial charge in [-0.25, -0.2) is 4.79 Å². The molecule has 2 aliphatic heterocycles. The first kappa shape index (κ1) is 14.7. The highest BCUT2D eigenvalue weighted by Crippen LogP contribution is 2.31. The van der Waals surface area contributed by atoms with Crippen molar-refractivity contribution >= 4 is 0 Å². The lowest BCUT2D eigenvalue weighted by atomic mass is 10.1. The molecule has 4 rings (SSSR count). The van der Waals surface area contributed by atoms with E-state index in [0.29, 0.717) is 12.7 Å². The van der Waals surface area contributed by atoms with Crippen LogP contribution in [0.5, 0.6) is 0 Å². The van der Waals surface area contributed by atoms with Crippen molar-refractivity contribution in [2.24, 2.45) is 0 Å². The van der Waals surface area contributed by atoms with E-state index in [4.69, 9.17) is 0 Å². The van der Waals surface area contributed by atoms with E-state index in [1.807, 2.05) is 4.57 Å². The van der Waals surface area contributed by atoms with Gasteiger partial charge < -0.3 is 0 Å². The van der Waals surface area contributed by atoms with E-state index in [1.165, 1.54) is 18.4 Å². The number of likely N-dealkylation sites (tertiary alicyclic amines) is 1. The van der Waals surface area contributed by atoms with Crippen LogP contribution in [0.3, 0.4) is 0 Å². The topological polar surface area (TPSA) is 43.1 Å². The molecular weight excluding hydrogens is 288 g/mol. The van der Waals surface area contributed by atoms with Gasteiger partial charge in [0.05, 0.1) is 6.67 Å². The van der Waals surface area contributed by atoms with Crippen LogP contribution in [0.2, 0.25) is 0 Å². The highest BCUT2D eigenvalue weighted by molar-refractivity contribution is 5.19. The Labute approximate surface area is 136 Å². The maximum atomic E-state index is 12.6. The average Bonchev–Trinajstić information content (AvgIpc) is 3.06. The minimum absolute atomic E-state index is 0.0700. The molecule has 1 fully saturated rings. The molecule has 1 aromatic carbocycles. The van der Waals surface area contributed by atoms with Crippen molar-refractivity contribution in [1.82, 2.24) is 19.2 Å². The third-order valence-electron chi connectivity index (χ3n) is 5.15. The highest BCUT2D eigenvalue weighted by Gasteiger charge is 2.27. The Morgan fingerprint density at radius 3 is 2.78 bits per heavy atom. The lowest BCUT2D eigenvalue weighted by Gasteiger charge is -2.24. The monoisotopic (exact) mass is 312 g/mol. The van der Waals surface area contributed by atoms with Crippen molar-refractivity contribution in [3.63, 3.8) is 0 Å². The van der Waals surface area contributed by atoms with Gasteiger partial charge in [0.25, 0.3) is 0 Å². The van der Waals surface area contributed by atoms with Crippen molar-refractivity contribution in [1.29, 1.82) is 0 Å². The van der Waals surface area contributed by atoms with Crippen molar-refractivity contribution < 1.29 is 0 Å². The number of hydrogen-bond donors (Lipinski definition) is 0. The van der Waals surface area contributed by atoms with E-state index < -0.39 is 0 Å². The van der Waals surface area contributed by atoms with Crippen molar-refractivity contribution in [2.75, 3.05) is 6.54 Å². The van der Waals surface area contributed by atoms with Crippen LogP contribution < -0.4 is 5.69 Å². The summed E-state index contributed by atoms with van der Waals surface area (Å²) < 4.78 is 3.57. The maximum absolute atomic E-state index is 12.6. The van der Waals surface area contributed by atoms with Crippen LogP contribution in [0.15, 0.2) is 35.1 Å². The second kappa shape index (κ2) is 6.32. The molecule has 0 N–H and O–H groups in total. The second-order valence-electron chi connectivity index (χ2n) is 6.68. The zero-order valence-electron chi connectivity index (χ0n) is 13.5. The van der Waals surface area contributed by atoms with E-state index >= 15 is 0 Å². The summed E-state index contributed by atoms with van der Waals surface area (Å²) in [7, 11) is 0. The molecule has 5 nitrogen and oxygen atoms in total. The molecule has 0 aliphatic carbocycles. The first-order valence-corrected chi connectivity index (χ1v) is 8.78. The van der Waals surface area contributed by atoms with Crippen LogP contribution in [0.1, 0.15) is 49.5 Å². The molecule has 5 heteroatoms. The SMILES string of the molecule is O=c1n(CN2CCC[C@@H]2c2ccccc2)nc2n1CCCCC2. The summed E-state index contributed by atoms with van der Waals surface area (Å²) in [6.07, 6.45) is 6.71. The number of benzene rings is 1. The fourth-order valence-electron chi connectivity index (χ4n) is 3.94. The van der Waals surface area contributed by atoms with Crippen LogP contribution in [-0.2, 0) is 19.6 Å². The first-order valence-electron chi connectivity index (χ1n) is 8.78. The van der Waals surface area contributed by atoms with Gasteiger partial charge in [-0.15, -0.1) is 0 Å². The molecule has 1 aromatic heterocycles. The highest BCUT2D eigenvalue weighted by atomic mass is 16.2. The fraction of sp³-hybridized carbons (Fsp3) is 0.556. The van der Waals surface area contributed by atoms with E-state index in [0.717, 1.165) is 44.6 Å². The minimum Gasteiger partial charge on any atom is -0.279 e.